The molecule has 1 fully saturated rings. The van der Waals surface area contributed by atoms with E-state index in [1.54, 1.807) is 0 Å². The quantitative estimate of drug-likeness (QED) is 0.882. The molecule has 6 nitrogen and oxygen atoms in total. The van der Waals surface area contributed by atoms with Crippen LogP contribution < -0.4 is 4.90 Å². The fourth-order valence-corrected chi connectivity index (χ4v) is 5.65. The number of benzene rings is 1. The Morgan fingerprint density at radius 3 is 2.36 bits per heavy atom. The molecule has 25 heavy (non-hydrogen) atoms. The predicted molar refractivity (Wildman–Crippen MR) is 98.2 cm³/mol. The normalized spacial score (nSPS) is 16.2. The van der Waals surface area contributed by atoms with E-state index in [0.29, 0.717) is 26.2 Å². The Labute approximate surface area is 151 Å². The van der Waals surface area contributed by atoms with E-state index < -0.39 is 16.0 Å². The van der Waals surface area contributed by atoms with E-state index in [9.17, 15) is 13.2 Å². The van der Waals surface area contributed by atoms with Crippen LogP contribution in [0.5, 0.6) is 0 Å². The molecule has 1 aromatic heterocycles. The highest BCUT2D eigenvalue weighted by Crippen LogP contribution is 2.28. The highest BCUT2D eigenvalue weighted by Gasteiger charge is 2.30. The van der Waals surface area contributed by atoms with Crippen LogP contribution in [0.25, 0.3) is 0 Å². The molecule has 8 heteroatoms. The van der Waals surface area contributed by atoms with Gasteiger partial charge in [0.25, 0.3) is 10.0 Å². The molecular weight excluding hydrogens is 360 g/mol. The first kappa shape index (κ1) is 17.9. The molecule has 1 aromatic carbocycles. The van der Waals surface area contributed by atoms with E-state index in [2.05, 4.69) is 30.0 Å². The van der Waals surface area contributed by atoms with Gasteiger partial charge in [-0.25, -0.2) is 13.2 Å². The average Bonchev–Trinajstić information content (AvgIpc) is 3.08. The van der Waals surface area contributed by atoms with Crippen molar-refractivity contribution in [1.82, 2.24) is 4.31 Å². The van der Waals surface area contributed by atoms with E-state index in [1.165, 1.54) is 27.6 Å². The molecule has 1 aliphatic heterocycles. The van der Waals surface area contributed by atoms with Gasteiger partial charge in [-0.1, -0.05) is 12.1 Å². The minimum absolute atomic E-state index is 0.0348. The van der Waals surface area contributed by atoms with Gasteiger partial charge < -0.3 is 10.0 Å². The van der Waals surface area contributed by atoms with Crippen LogP contribution in [-0.2, 0) is 10.0 Å². The standard InChI is InChI=1S/C17H20N2O4S2/c1-12-3-4-13(2)14(11-12)18-7-9-19(10-8-18)25(22,23)16-6-5-15(24-16)17(20)21/h3-6,11H,7-10H2,1-2H3,(H,20,21). The Kier molecular flexibility index (Phi) is 4.86. The summed E-state index contributed by atoms with van der Waals surface area (Å²) in [6.07, 6.45) is 0. The van der Waals surface area contributed by atoms with Gasteiger partial charge >= 0.3 is 5.97 Å². The van der Waals surface area contributed by atoms with Crippen molar-refractivity contribution in [3.8, 4) is 0 Å². The third-order valence-electron chi connectivity index (χ3n) is 4.33. The number of aryl methyl sites for hydroxylation is 2. The Hall–Kier alpha value is -1.90. The highest BCUT2D eigenvalue weighted by atomic mass is 32.2. The number of nitrogens with zero attached hydrogens (tertiary/aromatic N) is 2. The second kappa shape index (κ2) is 6.78. The van der Waals surface area contributed by atoms with Crippen molar-refractivity contribution in [2.45, 2.75) is 18.1 Å². The van der Waals surface area contributed by atoms with E-state index in [1.807, 2.05) is 6.92 Å². The molecule has 0 amide bonds. The molecule has 0 radical (unpaired) electrons. The first-order chi connectivity index (χ1) is 11.8. The smallest absolute Gasteiger partial charge is 0.345 e. The molecule has 0 spiro atoms. The molecule has 0 aliphatic carbocycles. The van der Waals surface area contributed by atoms with Crippen molar-refractivity contribution in [3.05, 3.63) is 46.3 Å². The topological polar surface area (TPSA) is 77.9 Å². The third kappa shape index (κ3) is 3.56. The number of hydrogen-bond donors (Lipinski definition) is 1. The van der Waals surface area contributed by atoms with Gasteiger partial charge in [0.1, 0.15) is 9.09 Å². The molecule has 2 heterocycles. The van der Waals surface area contributed by atoms with Gasteiger partial charge in [-0.15, -0.1) is 11.3 Å². The first-order valence-electron chi connectivity index (χ1n) is 7.94. The highest BCUT2D eigenvalue weighted by molar-refractivity contribution is 7.91. The number of carboxylic acids is 1. The molecule has 0 atom stereocenters. The lowest BCUT2D eigenvalue weighted by Crippen LogP contribution is -2.48. The summed E-state index contributed by atoms with van der Waals surface area (Å²) in [6.45, 7) is 6.09. The molecule has 0 unspecified atom stereocenters. The zero-order valence-corrected chi connectivity index (χ0v) is 15.7. The minimum atomic E-state index is -3.64. The van der Waals surface area contributed by atoms with Gasteiger partial charge in [0.2, 0.25) is 0 Å². The number of piperazine rings is 1. The average molecular weight is 380 g/mol. The van der Waals surface area contributed by atoms with Crippen LogP contribution in [-0.4, -0.2) is 50.0 Å². The summed E-state index contributed by atoms with van der Waals surface area (Å²) in [5.74, 6) is -1.11. The molecule has 1 aliphatic rings. The molecule has 0 bridgehead atoms. The van der Waals surface area contributed by atoms with Gasteiger partial charge in [-0.05, 0) is 43.2 Å². The Bertz CT molecular complexity index is 897. The van der Waals surface area contributed by atoms with Gasteiger partial charge in [0, 0.05) is 31.9 Å². The maximum Gasteiger partial charge on any atom is 0.345 e. The number of anilines is 1. The first-order valence-corrected chi connectivity index (χ1v) is 10.2. The SMILES string of the molecule is Cc1ccc(C)c(N2CCN(S(=O)(=O)c3ccc(C(=O)O)s3)CC2)c1. The summed E-state index contributed by atoms with van der Waals surface area (Å²) in [7, 11) is -3.64. The zero-order chi connectivity index (χ0) is 18.2. The third-order valence-corrected chi connectivity index (χ3v) is 7.77. The van der Waals surface area contributed by atoms with Crippen molar-refractivity contribution in [1.29, 1.82) is 0 Å². The van der Waals surface area contributed by atoms with E-state index in [-0.39, 0.29) is 9.09 Å². The number of carbonyl (C=O) groups is 1. The van der Waals surface area contributed by atoms with Crippen LogP contribution in [0.2, 0.25) is 0 Å². The van der Waals surface area contributed by atoms with Crippen LogP contribution >= 0.6 is 11.3 Å². The molecular formula is C17H20N2O4S2. The fraction of sp³-hybridized carbons (Fsp3) is 0.353. The van der Waals surface area contributed by atoms with Crippen LogP contribution in [0.4, 0.5) is 5.69 Å². The largest absolute Gasteiger partial charge is 0.477 e. The van der Waals surface area contributed by atoms with Crippen molar-refractivity contribution in [3.63, 3.8) is 0 Å². The molecule has 0 saturated carbocycles. The van der Waals surface area contributed by atoms with Gasteiger partial charge in [-0.3, -0.25) is 0 Å². The molecule has 1 saturated heterocycles. The lowest BCUT2D eigenvalue weighted by atomic mass is 10.1. The maximum atomic E-state index is 12.7. The number of aromatic carboxylic acids is 1. The van der Waals surface area contributed by atoms with Crippen molar-refractivity contribution in [2.75, 3.05) is 31.1 Å². The Morgan fingerprint density at radius 2 is 1.76 bits per heavy atom. The molecule has 134 valence electrons. The van der Waals surface area contributed by atoms with Gasteiger partial charge in [-0.2, -0.15) is 4.31 Å². The number of rotatable bonds is 4. The van der Waals surface area contributed by atoms with Crippen LogP contribution in [0, 0.1) is 13.8 Å². The predicted octanol–water partition coefficient (Wildman–Crippen LogP) is 2.57. The van der Waals surface area contributed by atoms with E-state index >= 15 is 0 Å². The van der Waals surface area contributed by atoms with Crippen LogP contribution in [0.15, 0.2) is 34.5 Å². The maximum absolute atomic E-state index is 12.7. The van der Waals surface area contributed by atoms with Crippen LogP contribution in [0.3, 0.4) is 0 Å². The summed E-state index contributed by atoms with van der Waals surface area (Å²) >= 11 is 0.800. The molecule has 2 aromatic rings. The molecule has 3 rings (SSSR count). The fourth-order valence-electron chi connectivity index (χ4n) is 2.93. The second-order valence-electron chi connectivity index (χ2n) is 6.10. The number of sulfonamides is 1. The van der Waals surface area contributed by atoms with Crippen LogP contribution in [0.1, 0.15) is 20.8 Å². The summed E-state index contributed by atoms with van der Waals surface area (Å²) in [5.41, 5.74) is 3.49. The lowest BCUT2D eigenvalue weighted by Gasteiger charge is -2.36. The van der Waals surface area contributed by atoms with Gasteiger partial charge in [0.05, 0.1) is 0 Å². The van der Waals surface area contributed by atoms with E-state index in [4.69, 9.17) is 5.11 Å². The van der Waals surface area contributed by atoms with Crippen molar-refractivity contribution in [2.24, 2.45) is 0 Å². The number of hydrogen-bond acceptors (Lipinski definition) is 5. The number of thiophene rings is 1. The Morgan fingerprint density at radius 1 is 1.08 bits per heavy atom. The summed E-state index contributed by atoms with van der Waals surface area (Å²) in [6, 6.07) is 8.98. The monoisotopic (exact) mass is 380 g/mol. The van der Waals surface area contributed by atoms with E-state index in [0.717, 1.165) is 17.0 Å². The minimum Gasteiger partial charge on any atom is -0.477 e. The molecule has 1 N–H and O–H groups in total. The second-order valence-corrected chi connectivity index (χ2v) is 9.35. The van der Waals surface area contributed by atoms with Gasteiger partial charge in [0.15, 0.2) is 0 Å². The Balaban J connectivity index is 1.74. The zero-order valence-electron chi connectivity index (χ0n) is 14.1. The van der Waals surface area contributed by atoms with Crippen molar-refractivity contribution < 1.29 is 18.3 Å². The van der Waals surface area contributed by atoms with Crippen molar-refractivity contribution >= 4 is 33.0 Å². The summed E-state index contributed by atoms with van der Waals surface area (Å²) in [4.78, 5) is 13.2. The number of carboxylic acid groups (broad SMARTS) is 1. The lowest BCUT2D eigenvalue weighted by molar-refractivity contribution is 0.0702. The summed E-state index contributed by atoms with van der Waals surface area (Å²) < 4.78 is 26.9. The summed E-state index contributed by atoms with van der Waals surface area (Å²) in [5, 5.41) is 8.98.